The number of nitrogens with zero attached hydrogens (tertiary/aromatic N) is 2. The molecule has 6 heteroatoms. The van der Waals surface area contributed by atoms with Gasteiger partial charge in [0.1, 0.15) is 0 Å². The average Bonchev–Trinajstić information content (AvgIpc) is 3.03. The molecule has 3 rings (SSSR count). The van der Waals surface area contributed by atoms with Crippen molar-refractivity contribution in [2.45, 2.75) is 77.0 Å². The highest BCUT2D eigenvalue weighted by Crippen LogP contribution is 2.38. The molecular formula is C21H38ClN3O2. The minimum absolute atomic E-state index is 0. The third-order valence-electron chi connectivity index (χ3n) is 7.01. The number of amides is 2. The summed E-state index contributed by atoms with van der Waals surface area (Å²) in [5.41, 5.74) is 6.09. The van der Waals surface area contributed by atoms with E-state index < -0.39 is 0 Å². The minimum atomic E-state index is 0. The maximum atomic E-state index is 12.9. The molecule has 2 aliphatic carbocycles. The van der Waals surface area contributed by atoms with Crippen molar-refractivity contribution in [2.24, 2.45) is 17.1 Å². The zero-order valence-electron chi connectivity index (χ0n) is 16.8. The fraction of sp³-hybridized carbons (Fsp3) is 0.905. The number of halogens is 1. The Hall–Kier alpha value is -0.810. The molecule has 1 aliphatic heterocycles. The van der Waals surface area contributed by atoms with Gasteiger partial charge in [0.2, 0.25) is 11.8 Å². The van der Waals surface area contributed by atoms with Gasteiger partial charge in [-0.15, -0.1) is 12.4 Å². The van der Waals surface area contributed by atoms with E-state index in [0.29, 0.717) is 44.3 Å². The highest BCUT2D eigenvalue weighted by Gasteiger charge is 2.35. The van der Waals surface area contributed by atoms with Crippen molar-refractivity contribution in [1.82, 2.24) is 9.80 Å². The lowest BCUT2D eigenvalue weighted by Crippen LogP contribution is -2.42. The topological polar surface area (TPSA) is 66.6 Å². The van der Waals surface area contributed by atoms with Gasteiger partial charge in [-0.2, -0.15) is 0 Å². The first-order chi connectivity index (χ1) is 12.6. The maximum absolute atomic E-state index is 12.9. The van der Waals surface area contributed by atoms with E-state index in [1.807, 2.05) is 9.80 Å². The van der Waals surface area contributed by atoms with Crippen molar-refractivity contribution in [3.63, 3.8) is 0 Å². The zero-order chi connectivity index (χ0) is 18.4. The van der Waals surface area contributed by atoms with Crippen LogP contribution in [-0.4, -0.2) is 54.3 Å². The van der Waals surface area contributed by atoms with E-state index in [1.165, 1.54) is 44.9 Å². The van der Waals surface area contributed by atoms with Crippen molar-refractivity contribution < 1.29 is 9.59 Å². The van der Waals surface area contributed by atoms with Gasteiger partial charge in [0.05, 0.1) is 0 Å². The Morgan fingerprint density at radius 1 is 0.815 bits per heavy atom. The van der Waals surface area contributed by atoms with Crippen LogP contribution in [0, 0.1) is 11.3 Å². The lowest BCUT2D eigenvalue weighted by atomic mass is 9.71. The first kappa shape index (κ1) is 22.5. The standard InChI is InChI=1S/C21H37N3O2.ClH/c22-17-21(9-4-1-5-10-21)16-20(26)24-12-6-11-23(13-14-24)19(25)15-18-7-2-3-8-18;/h18H,1-17,22H2;1H. The van der Waals surface area contributed by atoms with Crippen molar-refractivity contribution in [3.05, 3.63) is 0 Å². The third kappa shape index (κ3) is 6.08. The second-order valence-electron chi connectivity index (χ2n) is 8.91. The summed E-state index contributed by atoms with van der Waals surface area (Å²) in [6, 6.07) is 0. The summed E-state index contributed by atoms with van der Waals surface area (Å²) in [7, 11) is 0. The average molecular weight is 400 g/mol. The van der Waals surface area contributed by atoms with Crippen LogP contribution in [0.3, 0.4) is 0 Å². The molecule has 156 valence electrons. The largest absolute Gasteiger partial charge is 0.341 e. The van der Waals surface area contributed by atoms with E-state index in [1.54, 1.807) is 0 Å². The zero-order valence-corrected chi connectivity index (χ0v) is 17.6. The molecule has 0 spiro atoms. The van der Waals surface area contributed by atoms with Crippen LogP contribution in [-0.2, 0) is 9.59 Å². The Labute approximate surface area is 170 Å². The molecule has 2 N–H and O–H groups in total. The third-order valence-corrected chi connectivity index (χ3v) is 7.01. The van der Waals surface area contributed by atoms with E-state index in [4.69, 9.17) is 5.73 Å². The number of nitrogens with two attached hydrogens (primary N) is 1. The molecule has 0 radical (unpaired) electrons. The summed E-state index contributed by atoms with van der Waals surface area (Å²) < 4.78 is 0. The minimum Gasteiger partial charge on any atom is -0.341 e. The van der Waals surface area contributed by atoms with E-state index in [-0.39, 0.29) is 23.7 Å². The Morgan fingerprint density at radius 3 is 2.00 bits per heavy atom. The number of hydrogen-bond donors (Lipinski definition) is 1. The van der Waals surface area contributed by atoms with Crippen molar-refractivity contribution in [1.29, 1.82) is 0 Å². The summed E-state index contributed by atoms with van der Waals surface area (Å²) in [4.78, 5) is 29.5. The molecule has 27 heavy (non-hydrogen) atoms. The van der Waals surface area contributed by atoms with Gasteiger partial charge in [0, 0.05) is 39.0 Å². The van der Waals surface area contributed by atoms with Crippen LogP contribution < -0.4 is 5.73 Å². The summed E-state index contributed by atoms with van der Waals surface area (Å²) >= 11 is 0. The quantitative estimate of drug-likeness (QED) is 0.770. The molecule has 3 aliphatic rings. The lowest BCUT2D eigenvalue weighted by Gasteiger charge is -2.37. The molecule has 1 saturated heterocycles. The van der Waals surface area contributed by atoms with Crippen LogP contribution in [0.2, 0.25) is 0 Å². The Morgan fingerprint density at radius 2 is 1.41 bits per heavy atom. The molecule has 0 aromatic carbocycles. The highest BCUT2D eigenvalue weighted by molar-refractivity contribution is 5.85. The maximum Gasteiger partial charge on any atom is 0.223 e. The summed E-state index contributed by atoms with van der Waals surface area (Å²) in [5.74, 6) is 1.15. The predicted octanol–water partition coefficient (Wildman–Crippen LogP) is 3.35. The van der Waals surface area contributed by atoms with Crippen LogP contribution >= 0.6 is 12.4 Å². The summed E-state index contributed by atoms with van der Waals surface area (Å²) in [6.07, 6.45) is 13.1. The van der Waals surface area contributed by atoms with Gasteiger partial charge in [0.25, 0.3) is 0 Å². The Bertz CT molecular complexity index is 488. The summed E-state index contributed by atoms with van der Waals surface area (Å²) in [6.45, 7) is 3.60. The molecule has 2 amide bonds. The first-order valence-corrected chi connectivity index (χ1v) is 10.9. The van der Waals surface area contributed by atoms with E-state index in [9.17, 15) is 9.59 Å². The van der Waals surface area contributed by atoms with Gasteiger partial charge in [-0.1, -0.05) is 32.1 Å². The van der Waals surface area contributed by atoms with Crippen LogP contribution in [0.1, 0.15) is 77.0 Å². The van der Waals surface area contributed by atoms with Gasteiger partial charge in [-0.3, -0.25) is 9.59 Å². The van der Waals surface area contributed by atoms with E-state index >= 15 is 0 Å². The second-order valence-corrected chi connectivity index (χ2v) is 8.91. The fourth-order valence-corrected chi connectivity index (χ4v) is 5.19. The SMILES string of the molecule is Cl.NCC1(CC(=O)N2CCCN(C(=O)CC3CCCC3)CC2)CCCCC1. The van der Waals surface area contributed by atoms with Crippen LogP contribution in [0.25, 0.3) is 0 Å². The van der Waals surface area contributed by atoms with Crippen LogP contribution in [0.4, 0.5) is 0 Å². The number of rotatable bonds is 5. The summed E-state index contributed by atoms with van der Waals surface area (Å²) in [5, 5.41) is 0. The Balaban J connectivity index is 0.00000261. The first-order valence-electron chi connectivity index (χ1n) is 10.9. The molecule has 5 nitrogen and oxygen atoms in total. The molecule has 2 saturated carbocycles. The van der Waals surface area contributed by atoms with Gasteiger partial charge in [-0.25, -0.2) is 0 Å². The van der Waals surface area contributed by atoms with E-state index in [2.05, 4.69) is 0 Å². The molecule has 0 unspecified atom stereocenters. The van der Waals surface area contributed by atoms with E-state index in [0.717, 1.165) is 32.4 Å². The van der Waals surface area contributed by atoms with Gasteiger partial charge in [0.15, 0.2) is 0 Å². The van der Waals surface area contributed by atoms with Gasteiger partial charge < -0.3 is 15.5 Å². The van der Waals surface area contributed by atoms with Crippen LogP contribution in [0.15, 0.2) is 0 Å². The van der Waals surface area contributed by atoms with Gasteiger partial charge >= 0.3 is 0 Å². The fourth-order valence-electron chi connectivity index (χ4n) is 5.19. The molecule has 0 aromatic heterocycles. The smallest absolute Gasteiger partial charge is 0.223 e. The lowest BCUT2D eigenvalue weighted by molar-refractivity contribution is -0.135. The molecule has 0 atom stereocenters. The van der Waals surface area contributed by atoms with Gasteiger partial charge in [-0.05, 0) is 50.0 Å². The van der Waals surface area contributed by atoms with Crippen molar-refractivity contribution in [3.8, 4) is 0 Å². The number of carbonyl (C=O) groups is 2. The van der Waals surface area contributed by atoms with Crippen molar-refractivity contribution in [2.75, 3.05) is 32.7 Å². The second kappa shape index (κ2) is 10.7. The number of carbonyl (C=O) groups excluding carboxylic acids is 2. The monoisotopic (exact) mass is 399 g/mol. The molecule has 0 bridgehead atoms. The molecule has 0 aromatic rings. The highest BCUT2D eigenvalue weighted by atomic mass is 35.5. The Kier molecular flexibility index (Phi) is 8.87. The normalized spacial score (nSPS) is 23.6. The van der Waals surface area contributed by atoms with Crippen molar-refractivity contribution >= 4 is 24.2 Å². The number of hydrogen-bond acceptors (Lipinski definition) is 3. The van der Waals surface area contributed by atoms with Crippen LogP contribution in [0.5, 0.6) is 0 Å². The molecular weight excluding hydrogens is 362 g/mol. The molecule has 3 fully saturated rings. The molecule has 1 heterocycles. The predicted molar refractivity (Wildman–Crippen MR) is 111 cm³/mol.